The number of hydrogen-bond donors (Lipinski definition) is 1. The van der Waals surface area contributed by atoms with Gasteiger partial charge in [-0.15, -0.1) is 0 Å². The average molecular weight is 331 g/mol. The van der Waals surface area contributed by atoms with Crippen molar-refractivity contribution >= 4 is 11.4 Å². The Morgan fingerprint density at radius 2 is 2.00 bits per heavy atom. The topological polar surface area (TPSA) is 58.4 Å². The van der Waals surface area contributed by atoms with E-state index in [1.165, 1.54) is 6.07 Å². The minimum absolute atomic E-state index is 0.273. The number of hydrogen-bond acceptors (Lipinski definition) is 4. The minimum Gasteiger partial charge on any atom is -0.366 e. The highest BCUT2D eigenvalue weighted by Gasteiger charge is 2.34. The van der Waals surface area contributed by atoms with E-state index in [1.54, 1.807) is 0 Å². The minimum atomic E-state index is -4.58. The van der Waals surface area contributed by atoms with Gasteiger partial charge in [-0.05, 0) is 50.9 Å². The summed E-state index contributed by atoms with van der Waals surface area (Å²) < 4.78 is 38.2. The summed E-state index contributed by atoms with van der Waals surface area (Å²) >= 11 is 0. The van der Waals surface area contributed by atoms with Crippen LogP contribution < -0.4 is 10.2 Å². The first-order valence-electron chi connectivity index (χ1n) is 7.58. The molecule has 1 aromatic rings. The molecule has 128 valence electrons. The van der Waals surface area contributed by atoms with E-state index in [0.717, 1.165) is 31.9 Å². The molecule has 2 rings (SSSR count). The third-order valence-electron chi connectivity index (χ3n) is 4.26. The number of alkyl halides is 3. The molecular weight excluding hydrogens is 311 g/mol. The maximum Gasteiger partial charge on any atom is 0.416 e. The van der Waals surface area contributed by atoms with Gasteiger partial charge in [-0.25, -0.2) is 0 Å². The smallest absolute Gasteiger partial charge is 0.366 e. The highest BCUT2D eigenvalue weighted by molar-refractivity contribution is 5.64. The molecule has 0 atom stereocenters. The van der Waals surface area contributed by atoms with Crippen LogP contribution in [0.4, 0.5) is 24.5 Å². The number of nitro benzene ring substituents is 1. The lowest BCUT2D eigenvalue weighted by Gasteiger charge is -2.33. The summed E-state index contributed by atoms with van der Waals surface area (Å²) in [5, 5.41) is 14.2. The van der Waals surface area contributed by atoms with Crippen molar-refractivity contribution in [2.75, 3.05) is 31.6 Å². The van der Waals surface area contributed by atoms with Gasteiger partial charge < -0.3 is 10.2 Å². The van der Waals surface area contributed by atoms with Crippen LogP contribution in [0.3, 0.4) is 0 Å². The standard InChI is InChI=1S/C15H20F3N3O2/c1-19-7-4-11-5-8-20(9-6-11)13-3-2-12(15(16,17)18)10-14(13)21(22)23/h2-3,10-11,19H,4-9H2,1H3. The average Bonchev–Trinajstić information content (AvgIpc) is 2.52. The SMILES string of the molecule is CNCCC1CCN(c2ccc(C(F)(F)F)cc2[N+](=O)[O-])CC1. The third kappa shape index (κ3) is 4.34. The van der Waals surface area contributed by atoms with Crippen LogP contribution in [0.1, 0.15) is 24.8 Å². The van der Waals surface area contributed by atoms with E-state index in [2.05, 4.69) is 5.32 Å². The molecule has 0 aliphatic carbocycles. The molecule has 1 heterocycles. The summed E-state index contributed by atoms with van der Waals surface area (Å²) in [5.41, 5.74) is -1.19. The Bertz CT molecular complexity index is 555. The van der Waals surface area contributed by atoms with Crippen molar-refractivity contribution in [3.8, 4) is 0 Å². The summed E-state index contributed by atoms with van der Waals surface area (Å²) in [6.07, 6.45) is -1.76. The van der Waals surface area contributed by atoms with Gasteiger partial charge in [-0.1, -0.05) is 0 Å². The van der Waals surface area contributed by atoms with Gasteiger partial charge in [0.05, 0.1) is 10.5 Å². The van der Waals surface area contributed by atoms with Gasteiger partial charge in [0.15, 0.2) is 0 Å². The molecule has 0 saturated carbocycles. The van der Waals surface area contributed by atoms with Crippen molar-refractivity contribution in [1.29, 1.82) is 0 Å². The lowest BCUT2D eigenvalue weighted by molar-refractivity contribution is -0.384. The molecule has 0 radical (unpaired) electrons. The predicted molar refractivity (Wildman–Crippen MR) is 81.6 cm³/mol. The van der Waals surface area contributed by atoms with Crippen molar-refractivity contribution < 1.29 is 18.1 Å². The van der Waals surface area contributed by atoms with Gasteiger partial charge in [0.2, 0.25) is 0 Å². The summed E-state index contributed by atoms with van der Waals surface area (Å²) in [7, 11) is 1.89. The first-order valence-corrected chi connectivity index (χ1v) is 7.58. The maximum atomic E-state index is 12.7. The van der Waals surface area contributed by atoms with E-state index < -0.39 is 22.4 Å². The van der Waals surface area contributed by atoms with Gasteiger partial charge in [0.25, 0.3) is 5.69 Å². The van der Waals surface area contributed by atoms with Crippen molar-refractivity contribution in [2.45, 2.75) is 25.4 Å². The quantitative estimate of drug-likeness (QED) is 0.663. The fraction of sp³-hybridized carbons (Fsp3) is 0.600. The molecule has 8 heteroatoms. The number of nitrogens with one attached hydrogen (secondary N) is 1. The third-order valence-corrected chi connectivity index (χ3v) is 4.26. The van der Waals surface area contributed by atoms with Gasteiger partial charge >= 0.3 is 6.18 Å². The molecule has 1 N–H and O–H groups in total. The van der Waals surface area contributed by atoms with E-state index >= 15 is 0 Å². The molecule has 5 nitrogen and oxygen atoms in total. The highest BCUT2D eigenvalue weighted by Crippen LogP contribution is 2.37. The van der Waals surface area contributed by atoms with Crippen molar-refractivity contribution in [1.82, 2.24) is 5.32 Å². The van der Waals surface area contributed by atoms with E-state index in [1.807, 2.05) is 11.9 Å². The highest BCUT2D eigenvalue weighted by atomic mass is 19.4. The number of nitrogens with zero attached hydrogens (tertiary/aromatic N) is 2. The first kappa shape index (κ1) is 17.5. The Morgan fingerprint density at radius 1 is 1.35 bits per heavy atom. The Kier molecular flexibility index (Phi) is 5.46. The van der Waals surface area contributed by atoms with E-state index in [4.69, 9.17) is 0 Å². The summed E-state index contributed by atoms with van der Waals surface area (Å²) in [5.74, 6) is 0.548. The number of nitro groups is 1. The van der Waals surface area contributed by atoms with Crippen LogP contribution in [-0.2, 0) is 6.18 Å². The number of anilines is 1. The zero-order valence-electron chi connectivity index (χ0n) is 12.9. The molecule has 1 fully saturated rings. The fourth-order valence-electron chi connectivity index (χ4n) is 2.92. The second kappa shape index (κ2) is 7.16. The molecule has 0 bridgehead atoms. The van der Waals surface area contributed by atoms with Crippen LogP contribution >= 0.6 is 0 Å². The van der Waals surface area contributed by atoms with Gasteiger partial charge in [0.1, 0.15) is 5.69 Å². The van der Waals surface area contributed by atoms with Gasteiger partial charge in [-0.3, -0.25) is 10.1 Å². The molecule has 23 heavy (non-hydrogen) atoms. The Labute approximate surface area is 132 Å². The molecule has 1 aliphatic heterocycles. The monoisotopic (exact) mass is 331 g/mol. The van der Waals surface area contributed by atoms with Gasteiger partial charge in [-0.2, -0.15) is 13.2 Å². The molecule has 1 saturated heterocycles. The zero-order chi connectivity index (χ0) is 17.0. The zero-order valence-corrected chi connectivity index (χ0v) is 12.9. The maximum absolute atomic E-state index is 12.7. The lowest BCUT2D eigenvalue weighted by Crippen LogP contribution is -2.34. The summed E-state index contributed by atoms with van der Waals surface area (Å²) in [4.78, 5) is 12.2. The molecule has 0 spiro atoms. The van der Waals surface area contributed by atoms with Crippen molar-refractivity contribution in [3.05, 3.63) is 33.9 Å². The van der Waals surface area contributed by atoms with Crippen molar-refractivity contribution in [2.24, 2.45) is 5.92 Å². The van der Waals surface area contributed by atoms with Crippen LogP contribution in [0.25, 0.3) is 0 Å². The molecule has 0 unspecified atom stereocenters. The molecule has 1 aromatic carbocycles. The summed E-state index contributed by atoms with van der Waals surface area (Å²) in [6, 6.07) is 2.76. The predicted octanol–water partition coefficient (Wildman–Crippen LogP) is 3.44. The molecular formula is C15H20F3N3O2. The Morgan fingerprint density at radius 3 is 2.52 bits per heavy atom. The van der Waals surface area contributed by atoms with E-state index in [-0.39, 0.29) is 5.69 Å². The van der Waals surface area contributed by atoms with Crippen LogP contribution in [0.5, 0.6) is 0 Å². The number of halogens is 3. The summed E-state index contributed by atoms with van der Waals surface area (Å²) in [6.45, 7) is 2.17. The van der Waals surface area contributed by atoms with Crippen LogP contribution in [0, 0.1) is 16.0 Å². The van der Waals surface area contributed by atoms with Gasteiger partial charge in [0, 0.05) is 19.2 Å². The number of piperidine rings is 1. The number of benzene rings is 1. The van der Waals surface area contributed by atoms with Crippen LogP contribution in [0.15, 0.2) is 18.2 Å². The van der Waals surface area contributed by atoms with Crippen LogP contribution in [-0.4, -0.2) is 31.6 Å². The first-order chi connectivity index (χ1) is 10.8. The Hall–Kier alpha value is -1.83. The molecule has 1 aliphatic rings. The largest absolute Gasteiger partial charge is 0.416 e. The van der Waals surface area contributed by atoms with Crippen LogP contribution in [0.2, 0.25) is 0 Å². The fourth-order valence-corrected chi connectivity index (χ4v) is 2.92. The van der Waals surface area contributed by atoms with Crippen molar-refractivity contribution in [3.63, 3.8) is 0 Å². The second-order valence-electron chi connectivity index (χ2n) is 5.78. The second-order valence-corrected chi connectivity index (χ2v) is 5.78. The molecule has 0 aromatic heterocycles. The van der Waals surface area contributed by atoms with E-state index in [0.29, 0.717) is 25.1 Å². The normalized spacial score (nSPS) is 16.6. The Balaban J connectivity index is 2.15. The number of rotatable bonds is 5. The lowest BCUT2D eigenvalue weighted by atomic mass is 9.93. The molecule has 0 amide bonds. The van der Waals surface area contributed by atoms with E-state index in [9.17, 15) is 23.3 Å².